The lowest BCUT2D eigenvalue weighted by molar-refractivity contribution is -0.121. The minimum atomic E-state index is -0.785. The van der Waals surface area contributed by atoms with E-state index in [0.717, 1.165) is 23.2 Å². The second-order valence-corrected chi connectivity index (χ2v) is 5.35. The molecule has 0 atom stereocenters. The molecule has 3 rings (SSSR count). The lowest BCUT2D eigenvalue weighted by atomic mass is 10.3. The molecular weight excluding hydrogens is 340 g/mol. The maximum Gasteiger partial charge on any atom is 0.240 e. The first kappa shape index (κ1) is 17.4. The molecule has 0 saturated carbocycles. The molecule has 3 aromatic rings. The van der Waals surface area contributed by atoms with Gasteiger partial charge in [-0.25, -0.2) is 13.8 Å². The second kappa shape index (κ2) is 8.12. The molecule has 1 N–H and O–H groups in total. The van der Waals surface area contributed by atoms with Crippen molar-refractivity contribution < 1.29 is 18.3 Å². The predicted octanol–water partition coefficient (Wildman–Crippen LogP) is 2.51. The van der Waals surface area contributed by atoms with Crippen LogP contribution in [-0.2, 0) is 11.3 Å². The molecule has 1 heterocycles. The van der Waals surface area contributed by atoms with Gasteiger partial charge in [0.15, 0.2) is 11.6 Å². The number of hydrogen-bond acceptors (Lipinski definition) is 3. The highest BCUT2D eigenvalue weighted by atomic mass is 19.1. The van der Waals surface area contributed by atoms with Crippen LogP contribution in [0.4, 0.5) is 8.78 Å². The number of amides is 1. The van der Waals surface area contributed by atoms with Crippen LogP contribution in [0.1, 0.15) is 0 Å². The van der Waals surface area contributed by atoms with Crippen LogP contribution < -0.4 is 10.1 Å². The van der Waals surface area contributed by atoms with Crippen molar-refractivity contribution >= 4 is 16.9 Å². The molecule has 0 radical (unpaired) electrons. The van der Waals surface area contributed by atoms with E-state index < -0.39 is 11.6 Å². The summed E-state index contributed by atoms with van der Waals surface area (Å²) < 4.78 is 33.0. The molecule has 7 heteroatoms. The minimum absolute atomic E-state index is 0.0649. The van der Waals surface area contributed by atoms with Gasteiger partial charge in [-0.3, -0.25) is 4.79 Å². The highest BCUT2D eigenvalue weighted by Gasteiger charge is 2.06. The summed E-state index contributed by atoms with van der Waals surface area (Å²) in [6.07, 6.45) is 1.61. The fraction of sp³-hybridized carbons (Fsp3) is 0.158. The van der Waals surface area contributed by atoms with Gasteiger partial charge in [-0.05, 0) is 24.3 Å². The highest BCUT2D eigenvalue weighted by Crippen LogP contribution is 2.17. The first-order chi connectivity index (χ1) is 12.6. The number of ether oxygens (including phenoxy) is 1. The molecule has 0 aliphatic rings. The van der Waals surface area contributed by atoms with Gasteiger partial charge in [0.05, 0.1) is 23.9 Å². The minimum Gasteiger partial charge on any atom is -0.478 e. The largest absolute Gasteiger partial charge is 0.478 e. The number of nitrogens with one attached hydrogen (secondary N) is 1. The average Bonchev–Trinajstić information content (AvgIpc) is 3.02. The number of fused-ring (bicyclic) bond motifs is 1. The van der Waals surface area contributed by atoms with Crippen LogP contribution in [0.5, 0.6) is 5.75 Å². The standard InChI is InChI=1S/C19H15F2N3O2/c20-14-7-8-18(15(21)11-14)26-10-4-3-9-22-19(25)12-24-13-23-16-5-1-2-6-17(16)24/h1-2,5-8,11,13H,9-10,12H2,(H,22,25). The van der Waals surface area contributed by atoms with Gasteiger partial charge in [-0.1, -0.05) is 24.0 Å². The molecule has 1 amide bonds. The number of carbonyl (C=O) groups is 1. The van der Waals surface area contributed by atoms with Crippen LogP contribution in [0, 0.1) is 23.5 Å². The van der Waals surface area contributed by atoms with Crippen LogP contribution in [-0.4, -0.2) is 28.6 Å². The van der Waals surface area contributed by atoms with E-state index in [0.29, 0.717) is 0 Å². The van der Waals surface area contributed by atoms with Crippen molar-refractivity contribution in [2.24, 2.45) is 0 Å². The van der Waals surface area contributed by atoms with Crippen molar-refractivity contribution in [3.63, 3.8) is 0 Å². The van der Waals surface area contributed by atoms with Crippen LogP contribution in [0.2, 0.25) is 0 Å². The van der Waals surface area contributed by atoms with Crippen LogP contribution >= 0.6 is 0 Å². The Morgan fingerprint density at radius 2 is 2.04 bits per heavy atom. The molecule has 0 saturated heterocycles. The fourth-order valence-electron chi connectivity index (χ4n) is 2.31. The number of rotatable bonds is 5. The van der Waals surface area contributed by atoms with Crippen molar-refractivity contribution in [1.82, 2.24) is 14.9 Å². The molecule has 0 spiro atoms. The van der Waals surface area contributed by atoms with Crippen LogP contribution in [0.3, 0.4) is 0 Å². The number of aromatic nitrogens is 2. The topological polar surface area (TPSA) is 56.2 Å². The number of para-hydroxylation sites is 2. The third-order valence-electron chi connectivity index (χ3n) is 3.53. The molecule has 1 aromatic heterocycles. The van der Waals surface area contributed by atoms with Gasteiger partial charge in [0, 0.05) is 6.07 Å². The molecule has 0 aliphatic heterocycles. The summed E-state index contributed by atoms with van der Waals surface area (Å²) in [4.78, 5) is 16.2. The van der Waals surface area contributed by atoms with Crippen molar-refractivity contribution in [1.29, 1.82) is 0 Å². The molecule has 5 nitrogen and oxygen atoms in total. The van der Waals surface area contributed by atoms with Gasteiger partial charge >= 0.3 is 0 Å². The Balaban J connectivity index is 1.43. The summed E-state index contributed by atoms with van der Waals surface area (Å²) in [6, 6.07) is 10.6. The van der Waals surface area contributed by atoms with Crippen molar-refractivity contribution in [3.05, 3.63) is 60.4 Å². The number of benzene rings is 2. The number of nitrogens with zero attached hydrogens (tertiary/aromatic N) is 2. The van der Waals surface area contributed by atoms with Crippen molar-refractivity contribution in [2.75, 3.05) is 13.2 Å². The maximum atomic E-state index is 13.3. The van der Waals surface area contributed by atoms with Gasteiger partial charge in [-0.2, -0.15) is 0 Å². The first-order valence-electron chi connectivity index (χ1n) is 7.83. The van der Waals surface area contributed by atoms with E-state index in [2.05, 4.69) is 22.1 Å². The monoisotopic (exact) mass is 355 g/mol. The van der Waals surface area contributed by atoms with Crippen LogP contribution in [0.15, 0.2) is 48.8 Å². The van der Waals surface area contributed by atoms with Gasteiger partial charge in [0.25, 0.3) is 0 Å². The Bertz CT molecular complexity index is 989. The van der Waals surface area contributed by atoms with E-state index in [-0.39, 0.29) is 31.4 Å². The van der Waals surface area contributed by atoms with E-state index in [1.165, 1.54) is 6.07 Å². The Kier molecular flexibility index (Phi) is 5.44. The number of imidazole rings is 1. The lowest BCUT2D eigenvalue weighted by Gasteiger charge is -2.04. The molecule has 0 fully saturated rings. The summed E-state index contributed by atoms with van der Waals surface area (Å²) in [5.74, 6) is 3.63. The predicted molar refractivity (Wildman–Crippen MR) is 92.4 cm³/mol. The summed E-state index contributed by atoms with van der Waals surface area (Å²) in [5.41, 5.74) is 1.70. The summed E-state index contributed by atoms with van der Waals surface area (Å²) in [6.45, 7) is 0.213. The van der Waals surface area contributed by atoms with Crippen molar-refractivity contribution in [3.8, 4) is 17.6 Å². The highest BCUT2D eigenvalue weighted by molar-refractivity contribution is 5.80. The normalized spacial score (nSPS) is 10.2. The summed E-state index contributed by atoms with van der Waals surface area (Å²) in [7, 11) is 0. The van der Waals surface area contributed by atoms with E-state index in [4.69, 9.17) is 4.74 Å². The fourth-order valence-corrected chi connectivity index (χ4v) is 2.31. The first-order valence-corrected chi connectivity index (χ1v) is 7.83. The Labute approximate surface area is 148 Å². The smallest absolute Gasteiger partial charge is 0.240 e. The van der Waals surface area contributed by atoms with E-state index in [1.54, 1.807) is 10.9 Å². The second-order valence-electron chi connectivity index (χ2n) is 5.35. The summed E-state index contributed by atoms with van der Waals surface area (Å²) >= 11 is 0. The van der Waals surface area contributed by atoms with E-state index in [9.17, 15) is 13.6 Å². The van der Waals surface area contributed by atoms with Gasteiger partial charge in [0.2, 0.25) is 5.91 Å². The van der Waals surface area contributed by atoms with Gasteiger partial charge < -0.3 is 14.6 Å². The lowest BCUT2D eigenvalue weighted by Crippen LogP contribution is -2.27. The summed E-state index contributed by atoms with van der Waals surface area (Å²) in [5, 5.41) is 2.66. The third kappa shape index (κ3) is 4.36. The zero-order chi connectivity index (χ0) is 18.4. The molecule has 0 unspecified atom stereocenters. The molecule has 0 aliphatic carbocycles. The molecular formula is C19H15F2N3O2. The van der Waals surface area contributed by atoms with Crippen molar-refractivity contribution in [2.45, 2.75) is 6.54 Å². The number of carbonyl (C=O) groups excluding carboxylic acids is 1. The number of hydrogen-bond donors (Lipinski definition) is 1. The average molecular weight is 355 g/mol. The molecule has 26 heavy (non-hydrogen) atoms. The number of halogens is 2. The Hall–Kier alpha value is -3.40. The zero-order valence-electron chi connectivity index (χ0n) is 13.7. The SMILES string of the molecule is O=C(Cn1cnc2ccccc21)NCC#CCOc1ccc(F)cc1F. The van der Waals surface area contributed by atoms with E-state index in [1.807, 2.05) is 24.3 Å². The quantitative estimate of drug-likeness (QED) is 0.716. The van der Waals surface area contributed by atoms with Gasteiger partial charge in [0.1, 0.15) is 19.0 Å². The molecule has 132 valence electrons. The Morgan fingerprint density at radius 3 is 2.88 bits per heavy atom. The zero-order valence-corrected chi connectivity index (χ0v) is 13.7. The third-order valence-corrected chi connectivity index (χ3v) is 3.53. The maximum absolute atomic E-state index is 13.3. The van der Waals surface area contributed by atoms with E-state index >= 15 is 0 Å². The van der Waals surface area contributed by atoms with Gasteiger partial charge in [-0.15, -0.1) is 0 Å². The molecule has 2 aromatic carbocycles. The molecule has 0 bridgehead atoms. The Morgan fingerprint density at radius 1 is 1.19 bits per heavy atom. The van der Waals surface area contributed by atoms with Crippen LogP contribution in [0.25, 0.3) is 11.0 Å².